The molecule has 1 aromatic rings. The molecule has 1 aliphatic rings. The average molecular weight is 389 g/mol. The first-order valence-corrected chi connectivity index (χ1v) is 10.7. The Morgan fingerprint density at radius 1 is 1.21 bits per heavy atom. The van der Waals surface area contributed by atoms with Crippen LogP contribution in [0.5, 0.6) is 0 Å². The van der Waals surface area contributed by atoms with Crippen LogP contribution in [0.2, 0.25) is 0 Å². The maximum Gasteiger partial charge on any atom is 0.224 e. The van der Waals surface area contributed by atoms with E-state index in [1.807, 2.05) is 31.2 Å². The predicted octanol–water partition coefficient (Wildman–Crippen LogP) is 3.83. The molecule has 1 aliphatic carbocycles. The van der Waals surface area contributed by atoms with Gasteiger partial charge in [-0.05, 0) is 43.4 Å². The summed E-state index contributed by atoms with van der Waals surface area (Å²) in [5, 5.41) is 9.58. The Morgan fingerprint density at radius 3 is 2.79 bits per heavy atom. The molecule has 0 spiro atoms. The van der Waals surface area contributed by atoms with Gasteiger partial charge in [-0.25, -0.2) is 0 Å². The topological polar surface area (TPSA) is 74.8 Å². The lowest BCUT2D eigenvalue weighted by Crippen LogP contribution is -2.37. The first kappa shape index (κ1) is 22.2. The summed E-state index contributed by atoms with van der Waals surface area (Å²) in [6.45, 7) is 4.28. The third-order valence-electron chi connectivity index (χ3n) is 4.89. The zero-order valence-corrected chi connectivity index (χ0v) is 17.4. The molecule has 1 fully saturated rings. The molecule has 0 aromatic heterocycles. The van der Waals surface area contributed by atoms with Gasteiger partial charge in [0.2, 0.25) is 5.91 Å². The van der Waals surface area contributed by atoms with E-state index in [4.69, 9.17) is 4.74 Å². The summed E-state index contributed by atoms with van der Waals surface area (Å²) in [6.07, 6.45) is 9.24. The molecule has 0 bridgehead atoms. The number of hydrogen-bond donors (Lipinski definition) is 3. The first-order valence-electron chi connectivity index (χ1n) is 10.7. The highest BCUT2D eigenvalue weighted by atomic mass is 16.5. The summed E-state index contributed by atoms with van der Waals surface area (Å²) >= 11 is 0. The van der Waals surface area contributed by atoms with Crippen molar-refractivity contribution in [2.24, 2.45) is 4.99 Å². The number of benzene rings is 1. The van der Waals surface area contributed by atoms with Gasteiger partial charge in [0.15, 0.2) is 5.96 Å². The Morgan fingerprint density at radius 2 is 2.04 bits per heavy atom. The average Bonchev–Trinajstić information content (AvgIpc) is 2.71. The van der Waals surface area contributed by atoms with Crippen molar-refractivity contribution in [2.75, 3.05) is 25.5 Å². The maximum atomic E-state index is 11.7. The molecule has 0 radical (unpaired) electrons. The van der Waals surface area contributed by atoms with Crippen LogP contribution in [0, 0.1) is 0 Å². The van der Waals surface area contributed by atoms with Crippen molar-refractivity contribution in [3.05, 3.63) is 29.8 Å². The zero-order valence-electron chi connectivity index (χ0n) is 17.4. The van der Waals surface area contributed by atoms with E-state index in [2.05, 4.69) is 20.9 Å². The highest BCUT2D eigenvalue weighted by molar-refractivity contribution is 5.90. The molecule has 1 amide bonds. The van der Waals surface area contributed by atoms with Gasteiger partial charge in [0.05, 0.1) is 6.10 Å². The van der Waals surface area contributed by atoms with Crippen molar-refractivity contribution in [1.82, 2.24) is 10.6 Å². The SMILES string of the molecule is CCCC(=O)Nc1cccc(CNC(=NC)NCCCOC2CCCCC2)c1. The van der Waals surface area contributed by atoms with Crippen LogP contribution >= 0.6 is 0 Å². The summed E-state index contributed by atoms with van der Waals surface area (Å²) in [6, 6.07) is 7.90. The minimum absolute atomic E-state index is 0.0560. The number of carbonyl (C=O) groups excluding carboxylic acids is 1. The van der Waals surface area contributed by atoms with Gasteiger partial charge in [-0.3, -0.25) is 9.79 Å². The second-order valence-corrected chi connectivity index (χ2v) is 7.34. The van der Waals surface area contributed by atoms with Crippen LogP contribution in [0.3, 0.4) is 0 Å². The molecule has 1 aromatic carbocycles. The van der Waals surface area contributed by atoms with Gasteiger partial charge in [0.25, 0.3) is 0 Å². The second-order valence-electron chi connectivity index (χ2n) is 7.34. The van der Waals surface area contributed by atoms with E-state index >= 15 is 0 Å². The molecule has 1 saturated carbocycles. The number of nitrogens with one attached hydrogen (secondary N) is 3. The van der Waals surface area contributed by atoms with Crippen LogP contribution in [0.25, 0.3) is 0 Å². The van der Waals surface area contributed by atoms with E-state index in [-0.39, 0.29) is 5.91 Å². The van der Waals surface area contributed by atoms with Crippen molar-refractivity contribution < 1.29 is 9.53 Å². The molecule has 0 atom stereocenters. The molecule has 28 heavy (non-hydrogen) atoms. The Bertz CT molecular complexity index is 612. The summed E-state index contributed by atoms with van der Waals surface area (Å²) in [5.74, 6) is 0.832. The van der Waals surface area contributed by atoms with Gasteiger partial charge in [-0.2, -0.15) is 0 Å². The molecule has 3 N–H and O–H groups in total. The highest BCUT2D eigenvalue weighted by Gasteiger charge is 2.13. The molecule has 2 rings (SSSR count). The number of guanidine groups is 1. The van der Waals surface area contributed by atoms with E-state index in [1.54, 1.807) is 7.05 Å². The molecule has 6 nitrogen and oxygen atoms in total. The van der Waals surface area contributed by atoms with Crippen molar-refractivity contribution in [2.45, 2.75) is 70.9 Å². The van der Waals surface area contributed by atoms with Crippen LogP contribution in [-0.2, 0) is 16.1 Å². The third-order valence-corrected chi connectivity index (χ3v) is 4.89. The van der Waals surface area contributed by atoms with Crippen molar-refractivity contribution in [3.8, 4) is 0 Å². The van der Waals surface area contributed by atoms with Crippen molar-refractivity contribution in [3.63, 3.8) is 0 Å². The van der Waals surface area contributed by atoms with Gasteiger partial charge in [-0.15, -0.1) is 0 Å². The minimum Gasteiger partial charge on any atom is -0.378 e. The number of ether oxygens (including phenoxy) is 1. The zero-order chi connectivity index (χ0) is 20.0. The third kappa shape index (κ3) is 8.74. The predicted molar refractivity (Wildman–Crippen MR) is 116 cm³/mol. The number of rotatable bonds is 10. The van der Waals surface area contributed by atoms with Gasteiger partial charge in [0.1, 0.15) is 0 Å². The molecular formula is C22H36N4O2. The van der Waals surface area contributed by atoms with Crippen LogP contribution < -0.4 is 16.0 Å². The fourth-order valence-corrected chi connectivity index (χ4v) is 3.38. The molecule has 0 heterocycles. The standard InChI is InChI=1S/C22H36N4O2/c1-3-9-21(27)26-19-11-7-10-18(16-19)17-25-22(23-2)24-14-8-15-28-20-12-5-4-6-13-20/h7,10-11,16,20H,3-6,8-9,12-15,17H2,1-2H3,(H,26,27)(H2,23,24,25). The molecule has 0 aliphatic heterocycles. The summed E-state index contributed by atoms with van der Waals surface area (Å²) in [4.78, 5) is 16.0. The monoisotopic (exact) mass is 388 g/mol. The second kappa shape index (κ2) is 13.2. The lowest BCUT2D eigenvalue weighted by Gasteiger charge is -2.22. The number of anilines is 1. The van der Waals surface area contributed by atoms with Crippen LogP contribution in [0.1, 0.15) is 63.9 Å². The van der Waals surface area contributed by atoms with E-state index in [1.165, 1.54) is 32.1 Å². The number of carbonyl (C=O) groups is 1. The van der Waals surface area contributed by atoms with Gasteiger partial charge < -0.3 is 20.7 Å². The van der Waals surface area contributed by atoms with Gasteiger partial charge in [-0.1, -0.05) is 38.3 Å². The Kier molecular flexibility index (Phi) is 10.4. The molecule has 6 heteroatoms. The highest BCUT2D eigenvalue weighted by Crippen LogP contribution is 2.20. The lowest BCUT2D eigenvalue weighted by atomic mass is 9.98. The van der Waals surface area contributed by atoms with E-state index in [0.29, 0.717) is 19.1 Å². The van der Waals surface area contributed by atoms with Crippen LogP contribution in [0.4, 0.5) is 5.69 Å². The van der Waals surface area contributed by atoms with Gasteiger partial charge >= 0.3 is 0 Å². The number of hydrogen-bond acceptors (Lipinski definition) is 3. The minimum atomic E-state index is 0.0560. The van der Waals surface area contributed by atoms with Gasteiger partial charge in [0, 0.05) is 38.9 Å². The Hall–Kier alpha value is -2.08. The number of amides is 1. The number of nitrogens with zero attached hydrogens (tertiary/aromatic N) is 1. The van der Waals surface area contributed by atoms with E-state index in [0.717, 1.165) is 43.2 Å². The maximum absolute atomic E-state index is 11.7. The summed E-state index contributed by atoms with van der Waals surface area (Å²) < 4.78 is 5.96. The van der Waals surface area contributed by atoms with Crippen molar-refractivity contribution >= 4 is 17.6 Å². The summed E-state index contributed by atoms with van der Waals surface area (Å²) in [7, 11) is 1.77. The molecule has 156 valence electrons. The molecule has 0 saturated heterocycles. The van der Waals surface area contributed by atoms with E-state index in [9.17, 15) is 4.79 Å². The fourth-order valence-electron chi connectivity index (χ4n) is 3.38. The largest absolute Gasteiger partial charge is 0.378 e. The van der Waals surface area contributed by atoms with Crippen LogP contribution in [-0.4, -0.2) is 38.2 Å². The smallest absolute Gasteiger partial charge is 0.224 e. The van der Waals surface area contributed by atoms with Crippen molar-refractivity contribution in [1.29, 1.82) is 0 Å². The molecular weight excluding hydrogens is 352 g/mol. The normalized spacial score (nSPS) is 15.3. The molecule has 0 unspecified atom stereocenters. The number of aliphatic imine (C=N–C) groups is 1. The summed E-state index contributed by atoms with van der Waals surface area (Å²) in [5.41, 5.74) is 1.93. The first-order chi connectivity index (χ1) is 13.7. The Labute approximate surface area is 169 Å². The Balaban J connectivity index is 1.65. The lowest BCUT2D eigenvalue weighted by molar-refractivity contribution is -0.116. The van der Waals surface area contributed by atoms with Crippen LogP contribution in [0.15, 0.2) is 29.3 Å². The van der Waals surface area contributed by atoms with E-state index < -0.39 is 0 Å². The quantitative estimate of drug-likeness (QED) is 0.323. The fraction of sp³-hybridized carbons (Fsp3) is 0.636.